The Balaban J connectivity index is 0.00000185. The molecule has 0 aliphatic carbocycles. The van der Waals surface area contributed by atoms with E-state index in [-0.39, 0.29) is 37.9 Å². The van der Waals surface area contributed by atoms with E-state index in [1.807, 2.05) is 52.8 Å². The first-order chi connectivity index (χ1) is 21.8. The molecule has 4 atom stereocenters. The first-order valence-corrected chi connectivity index (χ1v) is 16.7. The van der Waals surface area contributed by atoms with E-state index in [1.165, 1.54) is 16.2 Å². The highest BCUT2D eigenvalue weighted by Crippen LogP contribution is 2.35. The van der Waals surface area contributed by atoms with Crippen molar-refractivity contribution in [3.05, 3.63) is 40.0 Å². The van der Waals surface area contributed by atoms with Crippen molar-refractivity contribution in [2.45, 2.75) is 78.1 Å². The molecule has 1 unspecified atom stereocenters. The van der Waals surface area contributed by atoms with Crippen LogP contribution in [0.4, 0.5) is 0 Å². The van der Waals surface area contributed by atoms with Crippen molar-refractivity contribution < 1.29 is 34.1 Å². The number of thiazole rings is 1. The van der Waals surface area contributed by atoms with Gasteiger partial charge in [0.15, 0.2) is 0 Å². The number of aromatic nitrogens is 1. The minimum Gasteiger partial charge on any atom is -0.483 e. The zero-order chi connectivity index (χ0) is 34.0. The summed E-state index contributed by atoms with van der Waals surface area (Å²) in [6.07, 6.45) is 1.28. The summed E-state index contributed by atoms with van der Waals surface area (Å²) in [5.41, 5.74) is 3.73. The summed E-state index contributed by atoms with van der Waals surface area (Å²) in [6, 6.07) is 3.48. The molecular weight excluding hydrogens is 634 g/mol. The Hall–Kier alpha value is -3.10. The molecule has 0 saturated carbocycles. The van der Waals surface area contributed by atoms with Crippen LogP contribution >= 0.6 is 22.9 Å². The number of hydrogen-bond acceptors (Lipinski definition) is 9. The van der Waals surface area contributed by atoms with Crippen molar-refractivity contribution >= 4 is 47.1 Å². The SMILES string of the molecule is Cc1ncsc1-c1ccc([C@H](C)NC(=O)[C@@H]2C[C@@H](O)CN2C(=O)C(NC(=O)COCC2CCNCC2)C(C)(C)C)cc1Cl.O=CO. The normalized spacial score (nSPS) is 19.8. The minimum absolute atomic E-state index is 0.00862. The number of aliphatic hydroxyl groups excluding tert-OH is 1. The molecule has 1 aromatic heterocycles. The summed E-state index contributed by atoms with van der Waals surface area (Å²) in [6.45, 7) is 11.4. The number of halogens is 1. The van der Waals surface area contributed by atoms with Crippen LogP contribution in [0.1, 0.15) is 64.3 Å². The monoisotopic (exact) mass is 679 g/mol. The van der Waals surface area contributed by atoms with Gasteiger partial charge in [0.2, 0.25) is 17.7 Å². The summed E-state index contributed by atoms with van der Waals surface area (Å²) in [7, 11) is 0. The maximum atomic E-state index is 13.8. The molecule has 0 spiro atoms. The summed E-state index contributed by atoms with van der Waals surface area (Å²) >= 11 is 8.13. The second kappa shape index (κ2) is 17.2. The first kappa shape index (κ1) is 37.4. The molecule has 2 aliphatic rings. The first-order valence-electron chi connectivity index (χ1n) is 15.4. The van der Waals surface area contributed by atoms with Gasteiger partial charge in [-0.25, -0.2) is 4.98 Å². The largest absolute Gasteiger partial charge is 0.483 e. The topological polar surface area (TPSA) is 170 Å². The Bertz CT molecular complexity index is 1340. The Labute approximate surface area is 279 Å². The van der Waals surface area contributed by atoms with Gasteiger partial charge in [0.05, 0.1) is 34.8 Å². The third kappa shape index (κ3) is 10.2. The molecule has 2 aliphatic heterocycles. The van der Waals surface area contributed by atoms with Gasteiger partial charge in [-0.1, -0.05) is 44.5 Å². The number of aryl methyl sites for hydroxylation is 1. The van der Waals surface area contributed by atoms with Gasteiger partial charge in [-0.2, -0.15) is 0 Å². The predicted molar refractivity (Wildman–Crippen MR) is 176 cm³/mol. The van der Waals surface area contributed by atoms with Gasteiger partial charge in [-0.15, -0.1) is 11.3 Å². The Kier molecular flexibility index (Phi) is 13.9. The van der Waals surface area contributed by atoms with Crippen LogP contribution in [0.2, 0.25) is 5.02 Å². The van der Waals surface area contributed by atoms with Gasteiger partial charge in [0, 0.05) is 23.6 Å². The fourth-order valence-electron chi connectivity index (χ4n) is 5.63. The van der Waals surface area contributed by atoms with Crippen LogP contribution in [0.3, 0.4) is 0 Å². The van der Waals surface area contributed by atoms with Crippen LogP contribution in [0.25, 0.3) is 10.4 Å². The fourth-order valence-corrected chi connectivity index (χ4v) is 6.81. The van der Waals surface area contributed by atoms with Crippen molar-refractivity contribution in [3.8, 4) is 10.4 Å². The van der Waals surface area contributed by atoms with Crippen molar-refractivity contribution in [1.82, 2.24) is 25.8 Å². The number of carboxylic acid groups (broad SMARTS) is 1. The minimum atomic E-state index is -0.901. The second-order valence-corrected chi connectivity index (χ2v) is 14.1. The molecule has 2 saturated heterocycles. The molecule has 2 fully saturated rings. The number of aliphatic hydroxyl groups is 1. The standard InChI is InChI=1S/C31H44ClN5O5S.CH2O2/c1-18(21-6-7-23(24(32)12-21)27-19(2)34-17-43-27)35-29(40)25-13-22(38)14-37(25)30(41)28(31(3,4)5)36-26(39)16-42-15-20-8-10-33-11-9-20;2-1-3/h6-7,12,17-18,20,22,25,28,33,38H,8-11,13-16H2,1-5H3,(H,35,40)(H,36,39);1H,(H,2,3)/t18-,22+,25-,28?;/m0./s1. The summed E-state index contributed by atoms with van der Waals surface area (Å²) < 4.78 is 5.68. The average molecular weight is 680 g/mol. The van der Waals surface area contributed by atoms with Crippen LogP contribution < -0.4 is 16.0 Å². The highest BCUT2D eigenvalue weighted by atomic mass is 35.5. The van der Waals surface area contributed by atoms with E-state index in [4.69, 9.17) is 26.2 Å². The molecule has 3 heterocycles. The van der Waals surface area contributed by atoms with E-state index in [1.54, 1.807) is 5.51 Å². The molecule has 4 rings (SSSR count). The van der Waals surface area contributed by atoms with Gasteiger partial charge >= 0.3 is 0 Å². The van der Waals surface area contributed by atoms with Crippen LogP contribution in [0.15, 0.2) is 23.7 Å². The lowest BCUT2D eigenvalue weighted by Gasteiger charge is -2.35. The lowest BCUT2D eigenvalue weighted by atomic mass is 9.85. The Morgan fingerprint density at radius 3 is 2.50 bits per heavy atom. The number of β-amino-alcohol motifs (C(OH)–C–C–N with tert-alkyl or cyclic N) is 1. The Morgan fingerprint density at radius 2 is 1.91 bits per heavy atom. The van der Waals surface area contributed by atoms with E-state index in [0.29, 0.717) is 17.5 Å². The van der Waals surface area contributed by atoms with Crippen LogP contribution in [-0.4, -0.2) is 95.3 Å². The summed E-state index contributed by atoms with van der Waals surface area (Å²) in [4.78, 5) is 55.2. The molecule has 46 heavy (non-hydrogen) atoms. The van der Waals surface area contributed by atoms with Crippen LogP contribution in [-0.2, 0) is 23.9 Å². The van der Waals surface area contributed by atoms with Crippen LogP contribution in [0.5, 0.6) is 0 Å². The maximum Gasteiger partial charge on any atom is 0.290 e. The lowest BCUT2D eigenvalue weighted by Crippen LogP contribution is -2.58. The third-order valence-corrected chi connectivity index (χ3v) is 9.45. The molecular formula is C32H46ClN5O7S. The highest BCUT2D eigenvalue weighted by Gasteiger charge is 2.44. The smallest absolute Gasteiger partial charge is 0.290 e. The zero-order valence-corrected chi connectivity index (χ0v) is 28.6. The van der Waals surface area contributed by atoms with E-state index in [2.05, 4.69) is 20.9 Å². The molecule has 2 aromatic rings. The molecule has 14 heteroatoms. The van der Waals surface area contributed by atoms with E-state index >= 15 is 0 Å². The Morgan fingerprint density at radius 1 is 1.24 bits per heavy atom. The average Bonchev–Trinajstić information content (AvgIpc) is 3.61. The van der Waals surface area contributed by atoms with Crippen molar-refractivity contribution in [2.75, 3.05) is 32.8 Å². The number of piperidine rings is 1. The summed E-state index contributed by atoms with van der Waals surface area (Å²) in [5, 5.41) is 27.1. The van der Waals surface area contributed by atoms with Gasteiger partial charge in [-0.05, 0) is 62.7 Å². The predicted octanol–water partition coefficient (Wildman–Crippen LogP) is 3.16. The third-order valence-electron chi connectivity index (χ3n) is 8.17. The van der Waals surface area contributed by atoms with E-state index in [0.717, 1.165) is 47.6 Å². The number of benzene rings is 1. The number of rotatable bonds is 10. The number of hydrogen-bond donors (Lipinski definition) is 5. The van der Waals surface area contributed by atoms with Crippen molar-refractivity contribution in [3.63, 3.8) is 0 Å². The molecule has 1 aromatic carbocycles. The maximum absolute atomic E-state index is 13.8. The van der Waals surface area contributed by atoms with Gasteiger partial charge < -0.3 is 35.8 Å². The quantitative estimate of drug-likeness (QED) is 0.237. The van der Waals surface area contributed by atoms with Crippen molar-refractivity contribution in [2.24, 2.45) is 11.3 Å². The number of nitrogens with one attached hydrogen (secondary N) is 3. The molecule has 12 nitrogen and oxygen atoms in total. The molecule has 3 amide bonds. The zero-order valence-electron chi connectivity index (χ0n) is 27.0. The number of amides is 3. The number of carbonyl (C=O) groups is 4. The van der Waals surface area contributed by atoms with E-state index < -0.39 is 35.6 Å². The highest BCUT2D eigenvalue weighted by molar-refractivity contribution is 7.13. The van der Waals surface area contributed by atoms with Gasteiger partial charge in [0.25, 0.3) is 6.47 Å². The molecule has 0 bridgehead atoms. The second-order valence-electron chi connectivity index (χ2n) is 12.8. The lowest BCUT2D eigenvalue weighted by molar-refractivity contribution is -0.144. The summed E-state index contributed by atoms with van der Waals surface area (Å²) in [5.74, 6) is -0.750. The van der Waals surface area contributed by atoms with Gasteiger partial charge in [0.1, 0.15) is 18.7 Å². The van der Waals surface area contributed by atoms with E-state index in [9.17, 15) is 19.5 Å². The fraction of sp³-hybridized carbons (Fsp3) is 0.594. The molecule has 0 radical (unpaired) electrons. The number of carbonyl (C=O) groups excluding carboxylic acids is 3. The molecule has 254 valence electrons. The number of ether oxygens (including phenoxy) is 1. The van der Waals surface area contributed by atoms with Gasteiger partial charge in [-0.3, -0.25) is 19.2 Å². The molecule has 5 N–H and O–H groups in total. The number of nitrogens with zero attached hydrogens (tertiary/aromatic N) is 2. The number of likely N-dealkylation sites (tertiary alicyclic amines) is 1. The van der Waals surface area contributed by atoms with Crippen LogP contribution in [0, 0.1) is 18.3 Å². The van der Waals surface area contributed by atoms with Crippen molar-refractivity contribution in [1.29, 1.82) is 0 Å².